The van der Waals surface area contributed by atoms with Gasteiger partial charge in [-0.2, -0.15) is 18.3 Å². The predicted molar refractivity (Wildman–Crippen MR) is 67.7 cm³/mol. The maximum absolute atomic E-state index is 12.9. The Hall–Kier alpha value is -1.01. The van der Waals surface area contributed by atoms with E-state index in [4.69, 9.17) is 0 Å². The minimum atomic E-state index is -4.25. The van der Waals surface area contributed by atoms with Crippen molar-refractivity contribution < 1.29 is 13.2 Å². The van der Waals surface area contributed by atoms with Gasteiger partial charge >= 0.3 is 6.18 Å². The fraction of sp³-hybridized carbons (Fsp3) is 0.692. The van der Waals surface area contributed by atoms with E-state index in [-0.39, 0.29) is 6.04 Å². The van der Waals surface area contributed by atoms with Crippen LogP contribution in [0.4, 0.5) is 13.2 Å². The van der Waals surface area contributed by atoms with E-state index < -0.39 is 17.7 Å². The van der Waals surface area contributed by atoms with Gasteiger partial charge in [0.15, 0.2) is 0 Å². The minimum absolute atomic E-state index is 0.288. The van der Waals surface area contributed by atoms with Crippen LogP contribution in [0.15, 0.2) is 23.4 Å². The number of nitrogens with one attached hydrogen (secondary N) is 1. The van der Waals surface area contributed by atoms with E-state index >= 15 is 0 Å². The number of alkyl halides is 3. The molecule has 19 heavy (non-hydrogen) atoms. The maximum atomic E-state index is 12.9. The second kappa shape index (κ2) is 5.17. The zero-order valence-corrected chi connectivity index (χ0v) is 11.5. The molecule has 2 rings (SSSR count). The Morgan fingerprint density at radius 2 is 2.00 bits per heavy atom. The SMILES string of the molecule is CCCCN1C2=CC=C(C(F)(F)F)C(C)C2NN1C. The average molecular weight is 275 g/mol. The van der Waals surface area contributed by atoms with Crippen LogP contribution >= 0.6 is 0 Å². The first-order valence-corrected chi connectivity index (χ1v) is 6.62. The highest BCUT2D eigenvalue weighted by molar-refractivity contribution is 5.34. The van der Waals surface area contributed by atoms with Crippen molar-refractivity contribution in [3.05, 3.63) is 23.4 Å². The molecule has 2 unspecified atom stereocenters. The number of unbranched alkanes of at least 4 members (excludes halogenated alkanes) is 1. The molecule has 6 heteroatoms. The molecule has 1 aliphatic heterocycles. The molecule has 0 radical (unpaired) electrons. The van der Waals surface area contributed by atoms with Crippen molar-refractivity contribution in [1.29, 1.82) is 0 Å². The van der Waals surface area contributed by atoms with Gasteiger partial charge in [0.25, 0.3) is 0 Å². The van der Waals surface area contributed by atoms with Gasteiger partial charge in [0.1, 0.15) is 0 Å². The fourth-order valence-electron chi connectivity index (χ4n) is 2.67. The molecule has 0 aromatic heterocycles. The number of rotatable bonds is 3. The van der Waals surface area contributed by atoms with Crippen LogP contribution in [-0.4, -0.2) is 35.9 Å². The molecule has 3 nitrogen and oxygen atoms in total. The van der Waals surface area contributed by atoms with Crippen molar-refractivity contribution in [1.82, 2.24) is 15.6 Å². The van der Waals surface area contributed by atoms with Crippen molar-refractivity contribution in [2.24, 2.45) is 5.92 Å². The van der Waals surface area contributed by atoms with Crippen LogP contribution in [-0.2, 0) is 0 Å². The number of fused-ring (bicyclic) bond motifs is 1. The van der Waals surface area contributed by atoms with E-state index in [1.54, 1.807) is 18.1 Å². The Kier molecular flexibility index (Phi) is 3.92. The molecule has 0 aromatic carbocycles. The molecular formula is C13H20F3N3. The zero-order valence-electron chi connectivity index (χ0n) is 11.5. The largest absolute Gasteiger partial charge is 0.413 e. The van der Waals surface area contributed by atoms with E-state index in [1.165, 1.54) is 6.08 Å². The van der Waals surface area contributed by atoms with Gasteiger partial charge in [-0.05, 0) is 12.5 Å². The van der Waals surface area contributed by atoms with Crippen molar-refractivity contribution in [3.8, 4) is 0 Å². The summed E-state index contributed by atoms with van der Waals surface area (Å²) < 4.78 is 38.7. The second-order valence-corrected chi connectivity index (χ2v) is 5.11. The number of halogens is 3. The van der Waals surface area contributed by atoms with Crippen LogP contribution in [0, 0.1) is 5.92 Å². The van der Waals surface area contributed by atoms with Gasteiger partial charge in [-0.3, -0.25) is 5.01 Å². The fourth-order valence-corrected chi connectivity index (χ4v) is 2.67. The first kappa shape index (κ1) is 14.4. The van der Waals surface area contributed by atoms with Crippen molar-refractivity contribution >= 4 is 0 Å². The summed E-state index contributed by atoms with van der Waals surface area (Å²) >= 11 is 0. The summed E-state index contributed by atoms with van der Waals surface area (Å²) in [5.41, 5.74) is 3.59. The highest BCUT2D eigenvalue weighted by Crippen LogP contribution is 2.39. The van der Waals surface area contributed by atoms with Crippen LogP contribution < -0.4 is 5.43 Å². The van der Waals surface area contributed by atoms with Crippen molar-refractivity contribution in [2.45, 2.75) is 38.9 Å². The minimum Gasteiger partial charge on any atom is -0.295 e. The molecule has 0 spiro atoms. The van der Waals surface area contributed by atoms with Crippen molar-refractivity contribution in [2.75, 3.05) is 13.6 Å². The third-order valence-electron chi connectivity index (χ3n) is 3.78. The smallest absolute Gasteiger partial charge is 0.295 e. The van der Waals surface area contributed by atoms with Crippen LogP contribution in [0.2, 0.25) is 0 Å². The topological polar surface area (TPSA) is 18.5 Å². The average Bonchev–Trinajstić information content (AvgIpc) is 2.63. The van der Waals surface area contributed by atoms with Crippen LogP contribution in [0.5, 0.6) is 0 Å². The van der Waals surface area contributed by atoms with Crippen molar-refractivity contribution in [3.63, 3.8) is 0 Å². The van der Waals surface area contributed by atoms with Crippen LogP contribution in [0.25, 0.3) is 0 Å². The summed E-state index contributed by atoms with van der Waals surface area (Å²) in [6.45, 7) is 4.55. The zero-order chi connectivity index (χ0) is 14.2. The first-order valence-electron chi connectivity index (χ1n) is 6.62. The molecule has 108 valence electrons. The summed E-state index contributed by atoms with van der Waals surface area (Å²) in [6, 6.07) is -0.288. The lowest BCUT2D eigenvalue weighted by molar-refractivity contribution is -0.0996. The molecule has 0 aromatic rings. The highest BCUT2D eigenvalue weighted by Gasteiger charge is 2.45. The van der Waals surface area contributed by atoms with Gasteiger partial charge in [0, 0.05) is 30.8 Å². The van der Waals surface area contributed by atoms with E-state index in [1.807, 2.05) is 12.1 Å². The molecule has 0 bridgehead atoms. The Morgan fingerprint density at radius 3 is 2.58 bits per heavy atom. The number of hydrogen-bond acceptors (Lipinski definition) is 3. The number of hydrogen-bond donors (Lipinski definition) is 1. The molecule has 2 atom stereocenters. The molecule has 1 aliphatic carbocycles. The van der Waals surface area contributed by atoms with Gasteiger partial charge in [-0.1, -0.05) is 26.3 Å². The number of allylic oxidation sites excluding steroid dienone is 2. The maximum Gasteiger partial charge on any atom is 0.413 e. The molecule has 1 N–H and O–H groups in total. The van der Waals surface area contributed by atoms with Gasteiger partial charge < -0.3 is 0 Å². The monoisotopic (exact) mass is 275 g/mol. The van der Waals surface area contributed by atoms with E-state index in [2.05, 4.69) is 12.3 Å². The third kappa shape index (κ3) is 2.65. The van der Waals surface area contributed by atoms with Gasteiger partial charge in [0.2, 0.25) is 0 Å². The lowest BCUT2D eigenvalue weighted by atomic mass is 9.86. The molecule has 1 fully saturated rings. The number of nitrogens with zero attached hydrogens (tertiary/aromatic N) is 2. The van der Waals surface area contributed by atoms with Gasteiger partial charge in [0.05, 0.1) is 6.04 Å². The van der Waals surface area contributed by atoms with Crippen LogP contribution in [0.3, 0.4) is 0 Å². The number of hydrazine groups is 2. The van der Waals surface area contributed by atoms with Crippen LogP contribution in [0.1, 0.15) is 26.7 Å². The summed E-state index contributed by atoms with van der Waals surface area (Å²) in [6.07, 6.45) is 0.635. The Balaban J connectivity index is 2.23. The third-order valence-corrected chi connectivity index (χ3v) is 3.78. The summed E-state index contributed by atoms with van der Waals surface area (Å²) in [7, 11) is 1.84. The summed E-state index contributed by atoms with van der Waals surface area (Å²) in [4.78, 5) is 0. The molecule has 1 saturated heterocycles. The molecule has 0 saturated carbocycles. The van der Waals surface area contributed by atoms with E-state index in [9.17, 15) is 13.2 Å². The Bertz CT molecular complexity index is 400. The first-order chi connectivity index (χ1) is 8.86. The Morgan fingerprint density at radius 1 is 1.32 bits per heavy atom. The molecular weight excluding hydrogens is 255 g/mol. The lowest BCUT2D eigenvalue weighted by Crippen LogP contribution is -2.41. The standard InChI is InChI=1S/C13H20F3N3/c1-4-5-8-19-11-7-6-10(13(14,15)16)9(2)12(11)17-18(19)3/h6-7,9,12,17H,4-5,8H2,1-3H3. The molecule has 1 heterocycles. The lowest BCUT2D eigenvalue weighted by Gasteiger charge is -2.29. The summed E-state index contributed by atoms with van der Waals surface area (Å²) in [5.74, 6) is -0.575. The summed E-state index contributed by atoms with van der Waals surface area (Å²) in [5, 5.41) is 3.82. The van der Waals surface area contributed by atoms with E-state index in [0.29, 0.717) is 0 Å². The molecule has 2 aliphatic rings. The predicted octanol–water partition coefficient (Wildman–Crippen LogP) is 2.84. The van der Waals surface area contributed by atoms with Gasteiger partial charge in [-0.25, -0.2) is 5.43 Å². The highest BCUT2D eigenvalue weighted by atomic mass is 19.4. The molecule has 0 amide bonds. The second-order valence-electron chi connectivity index (χ2n) is 5.11. The quantitative estimate of drug-likeness (QED) is 0.854. The van der Waals surface area contributed by atoms with E-state index in [0.717, 1.165) is 25.1 Å². The normalized spacial score (nSPS) is 28.2. The Labute approximate surface area is 111 Å². The van der Waals surface area contributed by atoms with Gasteiger partial charge in [-0.15, -0.1) is 0 Å².